The number of hydrogen-bond acceptors (Lipinski definition) is 2. The maximum Gasteiger partial charge on any atom is 0.416 e. The Hall–Kier alpha value is -1.07. The third-order valence-electron chi connectivity index (χ3n) is 3.95. The highest BCUT2D eigenvalue weighted by Gasteiger charge is 2.40. The summed E-state index contributed by atoms with van der Waals surface area (Å²) < 4.78 is 45.3. The Bertz CT molecular complexity index is 441. The Labute approximate surface area is 124 Å². The molecule has 21 heavy (non-hydrogen) atoms. The number of halogens is 3. The van der Waals surface area contributed by atoms with Gasteiger partial charge >= 0.3 is 6.18 Å². The lowest BCUT2D eigenvalue weighted by molar-refractivity contribution is -0.139. The molecular formula is C16H24F3NO. The van der Waals surface area contributed by atoms with Crippen LogP contribution in [0.4, 0.5) is 13.2 Å². The van der Waals surface area contributed by atoms with E-state index in [0.717, 1.165) is 12.5 Å². The van der Waals surface area contributed by atoms with Gasteiger partial charge in [0.2, 0.25) is 0 Å². The van der Waals surface area contributed by atoms with Gasteiger partial charge in [0.15, 0.2) is 0 Å². The van der Waals surface area contributed by atoms with Crippen LogP contribution in [-0.4, -0.2) is 19.3 Å². The largest absolute Gasteiger partial charge is 0.416 e. The van der Waals surface area contributed by atoms with E-state index in [4.69, 9.17) is 4.74 Å². The molecular weight excluding hydrogens is 279 g/mol. The molecule has 0 saturated carbocycles. The summed E-state index contributed by atoms with van der Waals surface area (Å²) in [5.41, 5.74) is -1.06. The number of methoxy groups -OCH3 is 1. The van der Waals surface area contributed by atoms with E-state index in [0.29, 0.717) is 13.0 Å². The minimum atomic E-state index is -4.37. The van der Waals surface area contributed by atoms with Crippen molar-refractivity contribution < 1.29 is 17.9 Å². The quantitative estimate of drug-likeness (QED) is 0.797. The first-order valence-corrected chi connectivity index (χ1v) is 7.24. The molecule has 1 aromatic carbocycles. The fourth-order valence-corrected chi connectivity index (χ4v) is 2.42. The molecule has 0 aromatic heterocycles. The topological polar surface area (TPSA) is 21.3 Å². The van der Waals surface area contributed by atoms with Crippen molar-refractivity contribution in [2.45, 2.75) is 51.4 Å². The molecule has 0 radical (unpaired) electrons. The molecule has 0 aliphatic rings. The van der Waals surface area contributed by atoms with Gasteiger partial charge in [-0.15, -0.1) is 0 Å². The second-order valence-electron chi connectivity index (χ2n) is 5.34. The molecule has 1 N–H and O–H groups in total. The van der Waals surface area contributed by atoms with Gasteiger partial charge < -0.3 is 10.1 Å². The minimum absolute atomic E-state index is 0.240. The van der Waals surface area contributed by atoms with Crippen LogP contribution < -0.4 is 5.32 Å². The van der Waals surface area contributed by atoms with Crippen LogP contribution in [0.15, 0.2) is 24.3 Å². The Kier molecular flexibility index (Phi) is 6.23. The molecule has 0 bridgehead atoms. The Morgan fingerprint density at radius 3 is 2.29 bits per heavy atom. The number of benzene rings is 1. The zero-order valence-electron chi connectivity index (χ0n) is 13.1. The summed E-state index contributed by atoms with van der Waals surface area (Å²) in [5.74, 6) is 0. The smallest absolute Gasteiger partial charge is 0.377 e. The molecule has 0 spiro atoms. The third-order valence-corrected chi connectivity index (χ3v) is 3.95. The number of ether oxygens (including phenoxy) is 1. The summed E-state index contributed by atoms with van der Waals surface area (Å²) >= 11 is 0. The van der Waals surface area contributed by atoms with Gasteiger partial charge in [0.25, 0.3) is 0 Å². The van der Waals surface area contributed by atoms with Crippen molar-refractivity contribution >= 4 is 0 Å². The van der Waals surface area contributed by atoms with Gasteiger partial charge in [0.1, 0.15) is 0 Å². The van der Waals surface area contributed by atoms with Crippen LogP contribution >= 0.6 is 0 Å². The first kappa shape index (κ1) is 18.0. The van der Waals surface area contributed by atoms with Crippen molar-refractivity contribution in [3.63, 3.8) is 0 Å². The van der Waals surface area contributed by atoms with E-state index in [1.165, 1.54) is 12.1 Å². The van der Waals surface area contributed by atoms with Crippen molar-refractivity contribution in [3.05, 3.63) is 35.4 Å². The summed E-state index contributed by atoms with van der Waals surface area (Å²) in [7, 11) is 1.54. The van der Waals surface area contributed by atoms with Crippen LogP contribution in [0.3, 0.4) is 0 Å². The molecule has 0 aliphatic carbocycles. The molecule has 2 atom stereocenters. The first-order valence-electron chi connectivity index (χ1n) is 7.24. The molecule has 5 heteroatoms. The standard InChI is InChI=1S/C16H24F3NO/c1-5-11-20-14(15(3,6-2)21-4)12-9-7-8-10-13(12)16(17,18)19/h7-10,14,20H,5-6,11H2,1-4H3. The van der Waals surface area contributed by atoms with E-state index in [1.54, 1.807) is 13.2 Å². The van der Waals surface area contributed by atoms with Crippen LogP contribution in [0.25, 0.3) is 0 Å². The summed E-state index contributed by atoms with van der Waals surface area (Å²) in [6.07, 6.45) is -2.92. The zero-order chi connectivity index (χ0) is 16.1. The summed E-state index contributed by atoms with van der Waals surface area (Å²) in [6, 6.07) is 5.20. The van der Waals surface area contributed by atoms with Crippen molar-refractivity contribution in [2.75, 3.05) is 13.7 Å². The van der Waals surface area contributed by atoms with E-state index in [2.05, 4.69) is 5.32 Å². The summed E-state index contributed by atoms with van der Waals surface area (Å²) in [5, 5.41) is 3.22. The van der Waals surface area contributed by atoms with Crippen LogP contribution in [0.5, 0.6) is 0 Å². The van der Waals surface area contributed by atoms with Gasteiger partial charge in [0.05, 0.1) is 17.2 Å². The van der Waals surface area contributed by atoms with Crippen LogP contribution in [-0.2, 0) is 10.9 Å². The lowest BCUT2D eigenvalue weighted by Gasteiger charge is -2.38. The lowest BCUT2D eigenvalue weighted by Crippen LogP contribution is -2.44. The van der Waals surface area contributed by atoms with Crippen LogP contribution in [0.1, 0.15) is 50.8 Å². The highest BCUT2D eigenvalue weighted by Crippen LogP contribution is 2.39. The number of hydrogen-bond donors (Lipinski definition) is 1. The minimum Gasteiger partial charge on any atom is -0.377 e. The van der Waals surface area contributed by atoms with Crippen LogP contribution in [0, 0.1) is 0 Å². The van der Waals surface area contributed by atoms with Crippen molar-refractivity contribution in [2.24, 2.45) is 0 Å². The highest BCUT2D eigenvalue weighted by molar-refractivity contribution is 5.34. The number of rotatable bonds is 7. The van der Waals surface area contributed by atoms with Gasteiger partial charge in [-0.3, -0.25) is 0 Å². The molecule has 0 fully saturated rings. The Balaban J connectivity index is 3.33. The molecule has 0 aliphatic heterocycles. The van der Waals surface area contributed by atoms with Crippen LogP contribution in [0.2, 0.25) is 0 Å². The predicted octanol–water partition coefficient (Wildman–Crippen LogP) is 4.56. The first-order chi connectivity index (χ1) is 9.80. The van der Waals surface area contributed by atoms with Crippen molar-refractivity contribution in [1.82, 2.24) is 5.32 Å². The van der Waals surface area contributed by atoms with E-state index in [1.807, 2.05) is 20.8 Å². The molecule has 0 saturated heterocycles. The molecule has 1 rings (SSSR count). The maximum absolute atomic E-state index is 13.3. The monoisotopic (exact) mass is 303 g/mol. The molecule has 120 valence electrons. The molecule has 2 unspecified atom stereocenters. The van der Waals surface area contributed by atoms with Gasteiger partial charge in [-0.25, -0.2) is 0 Å². The Morgan fingerprint density at radius 1 is 1.19 bits per heavy atom. The maximum atomic E-state index is 13.3. The van der Waals surface area contributed by atoms with Crippen molar-refractivity contribution in [1.29, 1.82) is 0 Å². The van der Waals surface area contributed by atoms with E-state index in [-0.39, 0.29) is 5.56 Å². The predicted molar refractivity (Wildman–Crippen MR) is 78.2 cm³/mol. The van der Waals surface area contributed by atoms with Gasteiger partial charge in [0, 0.05) is 7.11 Å². The average Bonchev–Trinajstić information content (AvgIpc) is 2.46. The van der Waals surface area contributed by atoms with E-state index >= 15 is 0 Å². The number of alkyl halides is 3. The molecule has 2 nitrogen and oxygen atoms in total. The molecule has 0 amide bonds. The summed E-state index contributed by atoms with van der Waals surface area (Å²) in [6.45, 7) is 6.37. The van der Waals surface area contributed by atoms with Gasteiger partial charge in [-0.05, 0) is 37.9 Å². The van der Waals surface area contributed by atoms with Crippen molar-refractivity contribution in [3.8, 4) is 0 Å². The number of nitrogens with one attached hydrogen (secondary N) is 1. The lowest BCUT2D eigenvalue weighted by atomic mass is 9.85. The van der Waals surface area contributed by atoms with E-state index < -0.39 is 23.4 Å². The second kappa shape index (κ2) is 7.27. The van der Waals surface area contributed by atoms with E-state index in [9.17, 15) is 13.2 Å². The molecule has 0 heterocycles. The van der Waals surface area contributed by atoms with Gasteiger partial charge in [-0.2, -0.15) is 13.2 Å². The zero-order valence-corrected chi connectivity index (χ0v) is 13.1. The Morgan fingerprint density at radius 2 is 1.81 bits per heavy atom. The normalized spacial score (nSPS) is 16.5. The highest BCUT2D eigenvalue weighted by atomic mass is 19.4. The summed E-state index contributed by atoms with van der Waals surface area (Å²) in [4.78, 5) is 0. The average molecular weight is 303 g/mol. The molecule has 1 aromatic rings. The van der Waals surface area contributed by atoms with Gasteiger partial charge in [-0.1, -0.05) is 32.0 Å². The third kappa shape index (κ3) is 4.20. The fraction of sp³-hybridized carbons (Fsp3) is 0.625. The SMILES string of the molecule is CCCNC(c1ccccc1C(F)(F)F)C(C)(CC)OC. The fourth-order valence-electron chi connectivity index (χ4n) is 2.42. The second-order valence-corrected chi connectivity index (χ2v) is 5.34.